The van der Waals surface area contributed by atoms with E-state index >= 15 is 0 Å². The van der Waals surface area contributed by atoms with E-state index in [1.165, 1.54) is 23.9 Å². The Balaban J connectivity index is 1.61. The molecule has 1 fully saturated rings. The van der Waals surface area contributed by atoms with Crippen LogP contribution < -0.4 is 15.6 Å². The Morgan fingerprint density at radius 2 is 1.72 bits per heavy atom. The molecule has 1 aliphatic rings. The van der Waals surface area contributed by atoms with Crippen LogP contribution in [-0.2, 0) is 11.3 Å². The van der Waals surface area contributed by atoms with Crippen molar-refractivity contribution in [2.75, 3.05) is 7.11 Å². The van der Waals surface area contributed by atoms with Gasteiger partial charge in [0.2, 0.25) is 0 Å². The maximum atomic E-state index is 13.7. The number of aryl methyl sites for hydroxylation is 2. The molecule has 198 valence electrons. The molecule has 10 heteroatoms. The second-order valence-corrected chi connectivity index (χ2v) is 9.16. The predicted molar refractivity (Wildman–Crippen MR) is 141 cm³/mol. The lowest BCUT2D eigenvalue weighted by Crippen LogP contribution is -2.30. The van der Waals surface area contributed by atoms with Crippen LogP contribution in [0, 0.1) is 25.5 Å². The molecule has 0 saturated carbocycles. The molecule has 1 aromatic heterocycles. The molecular weight excluding hydrogens is 506 g/mol. The van der Waals surface area contributed by atoms with Gasteiger partial charge in [-0.1, -0.05) is 35.9 Å². The highest BCUT2D eigenvalue weighted by atomic mass is 19.2. The SMILES string of the molecule is COc1ccccc1-c1[nH]n(-c2ccc(C)cc2C)c(=O)c1C=C1NC(=O)N(Cc2ccc(F)c(F)c2)C1=O. The number of urea groups is 1. The summed E-state index contributed by atoms with van der Waals surface area (Å²) in [4.78, 5) is 40.5. The van der Waals surface area contributed by atoms with Gasteiger partial charge in [-0.05, 0) is 61.4 Å². The Morgan fingerprint density at radius 3 is 2.44 bits per heavy atom. The van der Waals surface area contributed by atoms with E-state index in [9.17, 15) is 23.2 Å². The predicted octanol–water partition coefficient (Wildman–Crippen LogP) is 4.83. The molecule has 39 heavy (non-hydrogen) atoms. The van der Waals surface area contributed by atoms with Crippen molar-refractivity contribution in [1.29, 1.82) is 0 Å². The summed E-state index contributed by atoms with van der Waals surface area (Å²) in [5, 5.41) is 5.63. The number of imide groups is 1. The van der Waals surface area contributed by atoms with E-state index in [0.29, 0.717) is 22.7 Å². The zero-order valence-corrected chi connectivity index (χ0v) is 21.3. The minimum absolute atomic E-state index is 0.123. The van der Waals surface area contributed by atoms with E-state index in [1.54, 1.807) is 24.3 Å². The fourth-order valence-electron chi connectivity index (χ4n) is 4.55. The lowest BCUT2D eigenvalue weighted by atomic mass is 10.1. The average Bonchev–Trinajstić information content (AvgIpc) is 3.37. The van der Waals surface area contributed by atoms with E-state index in [-0.39, 0.29) is 23.4 Å². The monoisotopic (exact) mass is 530 g/mol. The molecule has 0 unspecified atom stereocenters. The second-order valence-electron chi connectivity index (χ2n) is 9.16. The van der Waals surface area contributed by atoms with Crippen LogP contribution in [0.15, 0.2) is 71.2 Å². The fraction of sp³-hybridized carbons (Fsp3) is 0.138. The number of carbonyl (C=O) groups is 2. The number of rotatable bonds is 6. The second kappa shape index (κ2) is 10.1. The summed E-state index contributed by atoms with van der Waals surface area (Å²) in [5.41, 5.74) is 3.22. The minimum atomic E-state index is -1.09. The van der Waals surface area contributed by atoms with Gasteiger partial charge in [0.15, 0.2) is 11.6 Å². The molecule has 0 radical (unpaired) electrons. The maximum Gasteiger partial charge on any atom is 0.329 e. The Hall–Kier alpha value is -4.99. The molecule has 8 nitrogen and oxygen atoms in total. The van der Waals surface area contributed by atoms with Crippen LogP contribution in [0.3, 0.4) is 0 Å². The normalized spacial score (nSPS) is 14.3. The number of ether oxygens (including phenoxy) is 1. The van der Waals surface area contributed by atoms with Crippen LogP contribution >= 0.6 is 0 Å². The fourth-order valence-corrected chi connectivity index (χ4v) is 4.55. The minimum Gasteiger partial charge on any atom is -0.496 e. The molecule has 0 bridgehead atoms. The van der Waals surface area contributed by atoms with Crippen LogP contribution in [0.4, 0.5) is 13.6 Å². The molecule has 2 N–H and O–H groups in total. The number of H-pyrrole nitrogens is 1. The molecule has 1 saturated heterocycles. The Morgan fingerprint density at radius 1 is 0.949 bits per heavy atom. The molecule has 3 aromatic carbocycles. The molecule has 5 rings (SSSR count). The molecule has 2 heterocycles. The zero-order chi connectivity index (χ0) is 27.8. The number of halogens is 2. The molecular formula is C29H24F2N4O4. The van der Waals surface area contributed by atoms with Crippen molar-refractivity contribution < 1.29 is 23.1 Å². The average molecular weight is 531 g/mol. The third kappa shape index (κ3) is 4.72. The molecule has 0 spiro atoms. The van der Waals surface area contributed by atoms with Gasteiger partial charge in [0.05, 0.1) is 30.6 Å². The highest BCUT2D eigenvalue weighted by Gasteiger charge is 2.34. The van der Waals surface area contributed by atoms with Crippen molar-refractivity contribution in [3.63, 3.8) is 0 Å². The molecule has 0 aliphatic carbocycles. The largest absolute Gasteiger partial charge is 0.496 e. The van der Waals surface area contributed by atoms with Gasteiger partial charge in [-0.2, -0.15) is 0 Å². The number of hydrogen-bond acceptors (Lipinski definition) is 4. The van der Waals surface area contributed by atoms with Crippen LogP contribution in [0.5, 0.6) is 5.75 Å². The maximum absolute atomic E-state index is 13.7. The summed E-state index contributed by atoms with van der Waals surface area (Å²) < 4.78 is 33.9. The van der Waals surface area contributed by atoms with E-state index < -0.39 is 29.1 Å². The van der Waals surface area contributed by atoms with Gasteiger partial charge in [0.1, 0.15) is 11.4 Å². The summed E-state index contributed by atoms with van der Waals surface area (Å²) in [6, 6.07) is 15.1. The van der Waals surface area contributed by atoms with Gasteiger partial charge >= 0.3 is 6.03 Å². The highest BCUT2D eigenvalue weighted by molar-refractivity contribution is 6.14. The Labute approximate surface area is 222 Å². The first-order chi connectivity index (χ1) is 18.7. The quantitative estimate of drug-likeness (QED) is 0.276. The van der Waals surface area contributed by atoms with Crippen molar-refractivity contribution in [2.24, 2.45) is 0 Å². The summed E-state index contributed by atoms with van der Waals surface area (Å²) in [5.74, 6) is -2.34. The Kier molecular flexibility index (Phi) is 6.61. The van der Waals surface area contributed by atoms with Gasteiger partial charge in [0, 0.05) is 5.56 Å². The number of nitrogens with zero attached hydrogens (tertiary/aromatic N) is 2. The van der Waals surface area contributed by atoms with Gasteiger partial charge < -0.3 is 10.1 Å². The van der Waals surface area contributed by atoms with Gasteiger partial charge in [0.25, 0.3) is 11.5 Å². The van der Waals surface area contributed by atoms with Crippen molar-refractivity contribution in [3.05, 3.63) is 111 Å². The number of carbonyl (C=O) groups excluding carboxylic acids is 2. The third-order valence-corrected chi connectivity index (χ3v) is 6.47. The first kappa shape index (κ1) is 25.7. The topological polar surface area (TPSA) is 96.4 Å². The smallest absolute Gasteiger partial charge is 0.329 e. The number of aromatic amines is 1. The molecule has 1 aliphatic heterocycles. The zero-order valence-electron chi connectivity index (χ0n) is 21.3. The number of amides is 3. The lowest BCUT2D eigenvalue weighted by molar-refractivity contribution is -0.123. The lowest BCUT2D eigenvalue weighted by Gasteiger charge is -2.11. The highest BCUT2D eigenvalue weighted by Crippen LogP contribution is 2.32. The first-order valence-corrected chi connectivity index (χ1v) is 12.0. The number of methoxy groups -OCH3 is 1. The van der Waals surface area contributed by atoms with Crippen molar-refractivity contribution >= 4 is 18.0 Å². The van der Waals surface area contributed by atoms with Crippen LogP contribution in [0.1, 0.15) is 22.3 Å². The van der Waals surface area contributed by atoms with Gasteiger partial charge in [-0.15, -0.1) is 0 Å². The van der Waals surface area contributed by atoms with Crippen molar-refractivity contribution in [1.82, 2.24) is 20.0 Å². The van der Waals surface area contributed by atoms with Crippen molar-refractivity contribution in [2.45, 2.75) is 20.4 Å². The van der Waals surface area contributed by atoms with Gasteiger partial charge in [-0.25, -0.2) is 18.3 Å². The number of nitrogens with one attached hydrogen (secondary N) is 2. The van der Waals surface area contributed by atoms with Gasteiger partial charge in [-0.3, -0.25) is 19.6 Å². The van der Waals surface area contributed by atoms with Crippen LogP contribution in [0.2, 0.25) is 0 Å². The van der Waals surface area contributed by atoms with Crippen molar-refractivity contribution in [3.8, 4) is 22.7 Å². The molecule has 4 aromatic rings. The van der Waals surface area contributed by atoms with E-state index in [1.807, 2.05) is 32.0 Å². The summed E-state index contributed by atoms with van der Waals surface area (Å²) >= 11 is 0. The standard InChI is InChI=1S/C29H24F2N4O4/c1-16-8-11-24(17(2)12-16)35-27(36)20(26(33-35)19-6-4-5-7-25(19)39-3)14-23-28(37)34(29(38)32-23)15-18-9-10-21(30)22(31)13-18/h4-14,33H,15H2,1-3H3,(H,32,38). The Bertz CT molecular complexity index is 1720. The summed E-state index contributed by atoms with van der Waals surface area (Å²) in [6.45, 7) is 3.55. The third-order valence-electron chi connectivity index (χ3n) is 6.47. The van der Waals surface area contributed by atoms with E-state index in [4.69, 9.17) is 4.74 Å². The summed E-state index contributed by atoms with van der Waals surface area (Å²) in [7, 11) is 1.51. The van der Waals surface area contributed by atoms with E-state index in [2.05, 4.69) is 10.4 Å². The van der Waals surface area contributed by atoms with Crippen LogP contribution in [-0.4, -0.2) is 33.7 Å². The van der Waals surface area contributed by atoms with E-state index in [0.717, 1.165) is 28.2 Å². The molecule has 0 atom stereocenters. The summed E-state index contributed by atoms with van der Waals surface area (Å²) in [6.07, 6.45) is 1.31. The van der Waals surface area contributed by atoms with Crippen LogP contribution in [0.25, 0.3) is 23.0 Å². The first-order valence-electron chi connectivity index (χ1n) is 12.0. The number of hydrogen-bond donors (Lipinski definition) is 2. The molecule has 3 amide bonds. The number of benzene rings is 3. The number of para-hydroxylation sites is 1. The number of aromatic nitrogens is 2.